The molecule has 15 heavy (non-hydrogen) atoms. The molecule has 1 aromatic carbocycles. The number of ether oxygens (including phenoxy) is 1. The largest absolute Gasteiger partial charge is 0.426 e. The molecule has 0 aromatic heterocycles. The molecule has 0 saturated heterocycles. The second kappa shape index (κ2) is 5.24. The third-order valence-electron chi connectivity index (χ3n) is 1.81. The highest BCUT2D eigenvalue weighted by atomic mass is 19.1. The summed E-state index contributed by atoms with van der Waals surface area (Å²) in [4.78, 5) is 21.7. The fourth-order valence-electron chi connectivity index (χ4n) is 1.04. The molecule has 0 aliphatic rings. The Balaban J connectivity index is 2.59. The summed E-state index contributed by atoms with van der Waals surface area (Å²) >= 11 is 0. The fraction of sp³-hybridized carbons (Fsp3) is 0.273. The quantitative estimate of drug-likeness (QED) is 0.432. The Bertz CT molecular complexity index is 374. The first-order chi connectivity index (χ1) is 7.13. The highest BCUT2D eigenvalue weighted by Crippen LogP contribution is 2.16. The minimum absolute atomic E-state index is 0.397. The van der Waals surface area contributed by atoms with E-state index in [4.69, 9.17) is 4.74 Å². The van der Waals surface area contributed by atoms with Gasteiger partial charge in [-0.15, -0.1) is 0 Å². The standard InChI is InChI=1S/C11H11FO3/c1-8-4-2-3-5-10(8)15-11(14)6-9(13)7-12/h2-5H,6-7H2,1H3. The molecule has 0 saturated carbocycles. The molecule has 0 heterocycles. The minimum Gasteiger partial charge on any atom is -0.426 e. The number of hydrogen-bond donors (Lipinski definition) is 0. The second-order valence-electron chi connectivity index (χ2n) is 3.09. The van der Waals surface area contributed by atoms with E-state index in [1.165, 1.54) is 0 Å². The summed E-state index contributed by atoms with van der Waals surface area (Å²) in [6.45, 7) is 0.641. The summed E-state index contributed by atoms with van der Waals surface area (Å²) in [6, 6.07) is 6.92. The van der Waals surface area contributed by atoms with E-state index in [0.717, 1.165) is 5.56 Å². The van der Waals surface area contributed by atoms with Crippen molar-refractivity contribution in [1.82, 2.24) is 0 Å². The maximum Gasteiger partial charge on any atom is 0.318 e. The number of alkyl halides is 1. The van der Waals surface area contributed by atoms with E-state index in [-0.39, 0.29) is 0 Å². The van der Waals surface area contributed by atoms with Crippen molar-refractivity contribution in [3.63, 3.8) is 0 Å². The van der Waals surface area contributed by atoms with E-state index in [1.807, 2.05) is 0 Å². The average molecular weight is 210 g/mol. The number of benzene rings is 1. The van der Waals surface area contributed by atoms with Crippen LogP contribution >= 0.6 is 0 Å². The van der Waals surface area contributed by atoms with Crippen molar-refractivity contribution in [2.24, 2.45) is 0 Å². The van der Waals surface area contributed by atoms with Crippen molar-refractivity contribution in [2.75, 3.05) is 6.67 Å². The Kier molecular flexibility index (Phi) is 3.97. The van der Waals surface area contributed by atoms with Gasteiger partial charge in [0.15, 0.2) is 5.78 Å². The SMILES string of the molecule is Cc1ccccc1OC(=O)CC(=O)CF. The van der Waals surface area contributed by atoms with Crippen molar-refractivity contribution in [3.8, 4) is 5.75 Å². The second-order valence-corrected chi connectivity index (χ2v) is 3.09. The number of para-hydroxylation sites is 1. The molecule has 0 amide bonds. The first kappa shape index (κ1) is 11.4. The lowest BCUT2D eigenvalue weighted by atomic mass is 10.2. The number of carbonyl (C=O) groups is 2. The third-order valence-corrected chi connectivity index (χ3v) is 1.81. The van der Waals surface area contributed by atoms with Gasteiger partial charge in [-0.25, -0.2) is 4.39 Å². The van der Waals surface area contributed by atoms with Gasteiger partial charge in [0.05, 0.1) is 0 Å². The number of carbonyl (C=O) groups excluding carboxylic acids is 2. The van der Waals surface area contributed by atoms with Gasteiger partial charge in [0.25, 0.3) is 0 Å². The van der Waals surface area contributed by atoms with Crippen LogP contribution in [0, 0.1) is 6.92 Å². The Morgan fingerprint density at radius 1 is 1.33 bits per heavy atom. The van der Waals surface area contributed by atoms with E-state index in [2.05, 4.69) is 0 Å². The molecule has 0 aliphatic carbocycles. The molecule has 1 aromatic rings. The Morgan fingerprint density at radius 2 is 2.00 bits per heavy atom. The molecule has 0 unspecified atom stereocenters. The Morgan fingerprint density at radius 3 is 2.60 bits per heavy atom. The van der Waals surface area contributed by atoms with Gasteiger partial charge in [-0.3, -0.25) is 9.59 Å². The van der Waals surface area contributed by atoms with Gasteiger partial charge >= 0.3 is 5.97 Å². The van der Waals surface area contributed by atoms with Crippen LogP contribution in [0.1, 0.15) is 12.0 Å². The van der Waals surface area contributed by atoms with Crippen molar-refractivity contribution in [2.45, 2.75) is 13.3 Å². The summed E-state index contributed by atoms with van der Waals surface area (Å²) in [5, 5.41) is 0. The van der Waals surface area contributed by atoms with Gasteiger partial charge in [-0.2, -0.15) is 0 Å². The number of rotatable bonds is 4. The van der Waals surface area contributed by atoms with E-state index in [9.17, 15) is 14.0 Å². The smallest absolute Gasteiger partial charge is 0.318 e. The number of halogens is 1. The van der Waals surface area contributed by atoms with Crippen molar-refractivity contribution in [3.05, 3.63) is 29.8 Å². The topological polar surface area (TPSA) is 43.4 Å². The van der Waals surface area contributed by atoms with Crippen LogP contribution in [0.15, 0.2) is 24.3 Å². The van der Waals surface area contributed by atoms with Gasteiger partial charge in [0.2, 0.25) is 0 Å². The summed E-state index contributed by atoms with van der Waals surface area (Å²) in [7, 11) is 0. The summed E-state index contributed by atoms with van der Waals surface area (Å²) in [5.41, 5.74) is 0.790. The molecule has 80 valence electrons. The van der Waals surface area contributed by atoms with E-state index in [1.54, 1.807) is 31.2 Å². The van der Waals surface area contributed by atoms with Gasteiger partial charge in [0, 0.05) is 0 Å². The van der Waals surface area contributed by atoms with Gasteiger partial charge in [-0.05, 0) is 18.6 Å². The van der Waals surface area contributed by atoms with Crippen LogP contribution in [0.3, 0.4) is 0 Å². The highest BCUT2D eigenvalue weighted by Gasteiger charge is 2.11. The lowest BCUT2D eigenvalue weighted by Crippen LogP contribution is -2.15. The van der Waals surface area contributed by atoms with Crippen LogP contribution in [0.4, 0.5) is 4.39 Å². The number of Topliss-reactive ketones (excluding diaryl/α,β-unsaturated/α-hetero) is 1. The molecule has 3 nitrogen and oxygen atoms in total. The van der Waals surface area contributed by atoms with E-state index >= 15 is 0 Å². The lowest BCUT2D eigenvalue weighted by Gasteiger charge is -2.05. The predicted octanol–water partition coefficient (Wildman–Crippen LogP) is 1.83. The average Bonchev–Trinajstić information content (AvgIpc) is 2.21. The highest BCUT2D eigenvalue weighted by molar-refractivity contribution is 5.96. The lowest BCUT2D eigenvalue weighted by molar-refractivity contribution is -0.138. The van der Waals surface area contributed by atoms with Crippen molar-refractivity contribution < 1.29 is 18.7 Å². The molecule has 0 fully saturated rings. The molecular weight excluding hydrogens is 199 g/mol. The summed E-state index contributed by atoms with van der Waals surface area (Å²) in [5.74, 6) is -1.10. The first-order valence-electron chi connectivity index (χ1n) is 4.47. The van der Waals surface area contributed by atoms with Crippen LogP contribution < -0.4 is 4.74 Å². The van der Waals surface area contributed by atoms with Crippen LogP contribution in [0.25, 0.3) is 0 Å². The molecule has 0 N–H and O–H groups in total. The molecule has 0 atom stereocenters. The predicted molar refractivity (Wildman–Crippen MR) is 52.4 cm³/mol. The molecular formula is C11H11FO3. The maximum atomic E-state index is 11.8. The molecule has 1 rings (SSSR count). The van der Waals surface area contributed by atoms with Crippen molar-refractivity contribution in [1.29, 1.82) is 0 Å². The zero-order chi connectivity index (χ0) is 11.3. The maximum absolute atomic E-state index is 11.8. The molecule has 4 heteroatoms. The van der Waals surface area contributed by atoms with Crippen LogP contribution in [-0.4, -0.2) is 18.4 Å². The van der Waals surface area contributed by atoms with Crippen LogP contribution in [0.2, 0.25) is 0 Å². The van der Waals surface area contributed by atoms with E-state index < -0.39 is 24.8 Å². The molecule has 0 spiro atoms. The molecule has 0 bridgehead atoms. The third kappa shape index (κ3) is 3.50. The zero-order valence-corrected chi connectivity index (χ0v) is 8.33. The summed E-state index contributed by atoms with van der Waals surface area (Å²) in [6.07, 6.45) is -0.523. The Hall–Kier alpha value is -1.71. The number of ketones is 1. The fourth-order valence-corrected chi connectivity index (χ4v) is 1.04. The first-order valence-corrected chi connectivity index (χ1v) is 4.47. The number of aryl methyl sites for hydroxylation is 1. The van der Waals surface area contributed by atoms with Gasteiger partial charge in [0.1, 0.15) is 18.8 Å². The van der Waals surface area contributed by atoms with Crippen molar-refractivity contribution >= 4 is 11.8 Å². The zero-order valence-electron chi connectivity index (χ0n) is 8.33. The summed E-state index contributed by atoms with van der Waals surface area (Å²) < 4.78 is 16.7. The van der Waals surface area contributed by atoms with E-state index in [0.29, 0.717) is 5.75 Å². The normalized spacial score (nSPS) is 9.73. The van der Waals surface area contributed by atoms with Gasteiger partial charge in [-0.1, -0.05) is 18.2 Å². The monoisotopic (exact) mass is 210 g/mol. The number of esters is 1. The van der Waals surface area contributed by atoms with Crippen LogP contribution in [0.5, 0.6) is 5.75 Å². The van der Waals surface area contributed by atoms with Gasteiger partial charge < -0.3 is 4.74 Å². The van der Waals surface area contributed by atoms with Crippen LogP contribution in [-0.2, 0) is 9.59 Å². The Labute approximate surface area is 86.9 Å². The molecule has 0 aliphatic heterocycles. The minimum atomic E-state index is -1.14. The number of hydrogen-bond acceptors (Lipinski definition) is 3. The molecule has 0 radical (unpaired) electrons.